The Kier molecular flexibility index (Phi) is 7.97. The number of thiocarbonyl (C=S) groups is 1. The maximum absolute atomic E-state index is 8.74. The Morgan fingerprint density at radius 2 is 2.00 bits per heavy atom. The van der Waals surface area contributed by atoms with Gasteiger partial charge in [0, 0.05) is 6.54 Å². The maximum atomic E-state index is 8.74. The van der Waals surface area contributed by atoms with Crippen molar-refractivity contribution >= 4 is 17.3 Å². The molecule has 78 valence electrons. The molecule has 0 unspecified atom stereocenters. The van der Waals surface area contributed by atoms with E-state index < -0.39 is 0 Å². The first-order chi connectivity index (χ1) is 6.24. The number of aliphatic hydroxyl groups is 2. The molecule has 0 saturated carbocycles. The molecule has 0 aliphatic heterocycles. The molecule has 0 radical (unpaired) electrons. The fraction of sp³-hybridized carbons (Fsp3) is 0.875. The molecule has 0 fully saturated rings. The lowest BCUT2D eigenvalue weighted by Gasteiger charge is -2.16. The largest absolute Gasteiger partial charge is 0.394 e. The Bertz CT molecular complexity index is 140. The molecular weight excluding hydrogens is 188 g/mol. The first-order valence-corrected chi connectivity index (χ1v) is 4.91. The van der Waals surface area contributed by atoms with E-state index in [9.17, 15) is 0 Å². The van der Waals surface area contributed by atoms with E-state index in [1.165, 1.54) is 0 Å². The summed E-state index contributed by atoms with van der Waals surface area (Å²) in [6, 6.07) is -0.360. The Morgan fingerprint density at radius 3 is 2.46 bits per heavy atom. The summed E-state index contributed by atoms with van der Waals surface area (Å²) in [5.74, 6) is 0. The maximum Gasteiger partial charge on any atom is 0.166 e. The van der Waals surface area contributed by atoms with Crippen LogP contribution in [0.15, 0.2) is 0 Å². The van der Waals surface area contributed by atoms with E-state index in [2.05, 4.69) is 17.6 Å². The monoisotopic (exact) mass is 206 g/mol. The van der Waals surface area contributed by atoms with Gasteiger partial charge in [0.15, 0.2) is 5.11 Å². The fourth-order valence-corrected chi connectivity index (χ4v) is 1.03. The number of unbranched alkanes of at least 4 members (excludes halogenated alkanes) is 1. The molecule has 0 atom stereocenters. The smallest absolute Gasteiger partial charge is 0.166 e. The van der Waals surface area contributed by atoms with Crippen molar-refractivity contribution in [1.82, 2.24) is 10.6 Å². The predicted octanol–water partition coefficient (Wildman–Crippen LogP) is -0.396. The average Bonchev–Trinajstić information content (AvgIpc) is 2.14. The summed E-state index contributed by atoms with van der Waals surface area (Å²) in [5.41, 5.74) is 0. The predicted molar refractivity (Wildman–Crippen MR) is 56.6 cm³/mol. The average molecular weight is 206 g/mol. The van der Waals surface area contributed by atoms with Crippen molar-refractivity contribution in [3.63, 3.8) is 0 Å². The molecule has 4 nitrogen and oxygen atoms in total. The van der Waals surface area contributed by atoms with Gasteiger partial charge >= 0.3 is 0 Å². The topological polar surface area (TPSA) is 64.5 Å². The Labute approximate surface area is 84.3 Å². The minimum absolute atomic E-state index is 0.119. The van der Waals surface area contributed by atoms with E-state index >= 15 is 0 Å². The Morgan fingerprint density at radius 1 is 1.38 bits per heavy atom. The minimum atomic E-state index is -0.360. The molecule has 5 heteroatoms. The van der Waals surface area contributed by atoms with Gasteiger partial charge in [0.25, 0.3) is 0 Å². The third kappa shape index (κ3) is 6.74. The third-order valence-electron chi connectivity index (χ3n) is 1.59. The van der Waals surface area contributed by atoms with E-state index in [4.69, 9.17) is 22.4 Å². The van der Waals surface area contributed by atoms with E-state index in [1.54, 1.807) is 0 Å². The number of rotatable bonds is 6. The van der Waals surface area contributed by atoms with Gasteiger partial charge in [-0.05, 0) is 18.6 Å². The number of nitrogens with one attached hydrogen (secondary N) is 2. The van der Waals surface area contributed by atoms with Crippen molar-refractivity contribution in [3.05, 3.63) is 0 Å². The molecule has 0 saturated heterocycles. The normalized spacial score (nSPS) is 10.2. The van der Waals surface area contributed by atoms with Gasteiger partial charge in [-0.1, -0.05) is 13.3 Å². The highest BCUT2D eigenvalue weighted by Gasteiger charge is 2.05. The van der Waals surface area contributed by atoms with Crippen LogP contribution in [0.1, 0.15) is 19.8 Å². The summed E-state index contributed by atoms with van der Waals surface area (Å²) in [7, 11) is 0. The van der Waals surface area contributed by atoms with Crippen LogP contribution < -0.4 is 10.6 Å². The van der Waals surface area contributed by atoms with Crippen LogP contribution in [0.5, 0.6) is 0 Å². The standard InChI is InChI=1S/C8H18N2O2S/c1-2-3-4-9-8(13)10-7(5-11)6-12/h7,11-12H,2-6H2,1H3,(H2,9,10,13). The zero-order chi connectivity index (χ0) is 10.1. The molecule has 0 aromatic carbocycles. The number of aliphatic hydroxyl groups excluding tert-OH is 2. The summed E-state index contributed by atoms with van der Waals surface area (Å²) >= 11 is 4.93. The highest BCUT2D eigenvalue weighted by atomic mass is 32.1. The second kappa shape index (κ2) is 8.22. The molecule has 0 aromatic heterocycles. The fourth-order valence-electron chi connectivity index (χ4n) is 0.764. The highest BCUT2D eigenvalue weighted by Crippen LogP contribution is 1.84. The van der Waals surface area contributed by atoms with Crippen molar-refractivity contribution in [2.45, 2.75) is 25.8 Å². The second-order valence-corrected chi connectivity index (χ2v) is 3.22. The van der Waals surface area contributed by atoms with Crippen LogP contribution in [0.3, 0.4) is 0 Å². The van der Waals surface area contributed by atoms with Crippen LogP contribution in [0.4, 0.5) is 0 Å². The lowest BCUT2D eigenvalue weighted by molar-refractivity contribution is 0.183. The minimum Gasteiger partial charge on any atom is -0.394 e. The van der Waals surface area contributed by atoms with Gasteiger partial charge in [0.2, 0.25) is 0 Å². The van der Waals surface area contributed by atoms with Crippen LogP contribution in [-0.4, -0.2) is 41.1 Å². The van der Waals surface area contributed by atoms with Gasteiger partial charge < -0.3 is 20.8 Å². The first kappa shape index (κ1) is 12.6. The molecule has 0 amide bonds. The third-order valence-corrected chi connectivity index (χ3v) is 1.85. The quantitative estimate of drug-likeness (QED) is 0.352. The molecule has 0 spiro atoms. The van der Waals surface area contributed by atoms with Gasteiger partial charge in [0.1, 0.15) is 0 Å². The summed E-state index contributed by atoms with van der Waals surface area (Å²) in [4.78, 5) is 0. The van der Waals surface area contributed by atoms with Gasteiger partial charge in [-0.2, -0.15) is 0 Å². The first-order valence-electron chi connectivity index (χ1n) is 4.50. The molecular formula is C8H18N2O2S. The van der Waals surface area contributed by atoms with Gasteiger partial charge in [0.05, 0.1) is 19.3 Å². The molecule has 0 heterocycles. The van der Waals surface area contributed by atoms with Crippen molar-refractivity contribution in [3.8, 4) is 0 Å². The summed E-state index contributed by atoms with van der Waals surface area (Å²) < 4.78 is 0. The van der Waals surface area contributed by atoms with E-state index in [-0.39, 0.29) is 19.3 Å². The molecule has 0 aromatic rings. The number of hydrogen-bond donors (Lipinski definition) is 4. The highest BCUT2D eigenvalue weighted by molar-refractivity contribution is 7.80. The lowest BCUT2D eigenvalue weighted by atomic mass is 10.3. The Balaban J connectivity index is 3.48. The van der Waals surface area contributed by atoms with E-state index in [1.807, 2.05) is 0 Å². The molecule has 0 rings (SSSR count). The Hall–Kier alpha value is -0.390. The van der Waals surface area contributed by atoms with Gasteiger partial charge in [-0.15, -0.1) is 0 Å². The summed E-state index contributed by atoms with van der Waals surface area (Å²) in [6.07, 6.45) is 2.17. The lowest BCUT2D eigenvalue weighted by Crippen LogP contribution is -2.45. The molecule has 0 aliphatic carbocycles. The summed E-state index contributed by atoms with van der Waals surface area (Å²) in [5, 5.41) is 23.7. The van der Waals surface area contributed by atoms with Crippen LogP contribution in [0, 0.1) is 0 Å². The molecule has 0 bridgehead atoms. The van der Waals surface area contributed by atoms with Crippen LogP contribution in [-0.2, 0) is 0 Å². The number of hydrogen-bond acceptors (Lipinski definition) is 3. The van der Waals surface area contributed by atoms with Gasteiger partial charge in [-0.25, -0.2) is 0 Å². The molecule has 4 N–H and O–H groups in total. The van der Waals surface area contributed by atoms with E-state index in [0.29, 0.717) is 5.11 Å². The summed E-state index contributed by atoms with van der Waals surface area (Å²) in [6.45, 7) is 2.69. The zero-order valence-corrected chi connectivity index (χ0v) is 8.73. The van der Waals surface area contributed by atoms with E-state index in [0.717, 1.165) is 19.4 Å². The molecule has 0 aliphatic rings. The SMILES string of the molecule is CCCCNC(=S)NC(CO)CO. The van der Waals surface area contributed by atoms with Crippen molar-refractivity contribution in [2.24, 2.45) is 0 Å². The van der Waals surface area contributed by atoms with Crippen LogP contribution >= 0.6 is 12.2 Å². The van der Waals surface area contributed by atoms with Gasteiger partial charge in [-0.3, -0.25) is 0 Å². The molecule has 13 heavy (non-hydrogen) atoms. The van der Waals surface area contributed by atoms with Crippen LogP contribution in [0.25, 0.3) is 0 Å². The van der Waals surface area contributed by atoms with Crippen molar-refractivity contribution in [2.75, 3.05) is 19.8 Å². The second-order valence-electron chi connectivity index (χ2n) is 2.82. The zero-order valence-electron chi connectivity index (χ0n) is 7.92. The van der Waals surface area contributed by atoms with Crippen molar-refractivity contribution in [1.29, 1.82) is 0 Å². The van der Waals surface area contributed by atoms with Crippen molar-refractivity contribution < 1.29 is 10.2 Å². The van der Waals surface area contributed by atoms with Crippen LogP contribution in [0.2, 0.25) is 0 Å².